The average molecular weight is 355 g/mol. The van der Waals surface area contributed by atoms with Crippen LogP contribution in [0.15, 0.2) is 18.2 Å². The molecule has 1 saturated heterocycles. The van der Waals surface area contributed by atoms with Crippen molar-refractivity contribution in [2.24, 2.45) is 5.92 Å². The highest BCUT2D eigenvalue weighted by Crippen LogP contribution is 2.32. The van der Waals surface area contributed by atoms with Crippen molar-refractivity contribution in [1.82, 2.24) is 10.2 Å². The van der Waals surface area contributed by atoms with E-state index in [1.54, 1.807) is 13.2 Å². The van der Waals surface area contributed by atoms with Gasteiger partial charge in [0.25, 0.3) is 0 Å². The Kier molecular flexibility index (Phi) is 6.90. The number of morpholine rings is 1. The summed E-state index contributed by atoms with van der Waals surface area (Å²) in [6.45, 7) is 6.10. The van der Waals surface area contributed by atoms with Crippen LogP contribution in [0.3, 0.4) is 0 Å². The van der Waals surface area contributed by atoms with Gasteiger partial charge in [0.1, 0.15) is 11.8 Å². The number of rotatable bonds is 6. The molecule has 2 rings (SSSR count). The Balaban J connectivity index is 2.22. The molecule has 0 bridgehead atoms. The number of nitrogens with zero attached hydrogens (tertiary/aromatic N) is 1. The molecule has 5 nitrogen and oxygen atoms in total. The lowest BCUT2D eigenvalue weighted by atomic mass is 9.95. The molecular weight excluding hydrogens is 328 g/mol. The standard InChI is InChI=1S/C18H27ClN2O3/c1-12(2)9-15(14-10-13(19)5-6-17(14)23-4)20-18(22)16-11-24-8-7-21(16)3/h5-6,10,12,15-16H,7-9,11H2,1-4H3,(H,20,22). The van der Waals surface area contributed by atoms with Gasteiger partial charge in [-0.25, -0.2) is 0 Å². The quantitative estimate of drug-likeness (QED) is 0.853. The van der Waals surface area contributed by atoms with Gasteiger partial charge in [-0.1, -0.05) is 25.4 Å². The first kappa shape index (κ1) is 19.0. The Morgan fingerprint density at radius 2 is 2.25 bits per heavy atom. The molecule has 24 heavy (non-hydrogen) atoms. The number of carbonyl (C=O) groups excluding carboxylic acids is 1. The second-order valence-electron chi connectivity index (χ2n) is 6.65. The normalized spacial score (nSPS) is 20.0. The van der Waals surface area contributed by atoms with Gasteiger partial charge in [-0.05, 0) is 37.6 Å². The molecule has 0 aromatic heterocycles. The second kappa shape index (κ2) is 8.70. The first-order valence-electron chi connectivity index (χ1n) is 8.34. The number of nitrogens with one attached hydrogen (secondary N) is 1. The third kappa shape index (κ3) is 4.85. The molecule has 0 spiro atoms. The molecule has 0 saturated carbocycles. The third-order valence-electron chi connectivity index (χ3n) is 4.29. The van der Waals surface area contributed by atoms with Gasteiger partial charge in [0.15, 0.2) is 0 Å². The van der Waals surface area contributed by atoms with E-state index in [0.29, 0.717) is 24.2 Å². The van der Waals surface area contributed by atoms with Crippen LogP contribution in [0.5, 0.6) is 5.75 Å². The molecule has 1 aromatic rings. The van der Waals surface area contributed by atoms with E-state index in [-0.39, 0.29) is 18.0 Å². The molecule has 1 N–H and O–H groups in total. The molecule has 1 amide bonds. The van der Waals surface area contributed by atoms with Crippen molar-refractivity contribution in [1.29, 1.82) is 0 Å². The zero-order valence-corrected chi connectivity index (χ0v) is 15.6. The smallest absolute Gasteiger partial charge is 0.240 e. The summed E-state index contributed by atoms with van der Waals surface area (Å²) in [5.41, 5.74) is 0.909. The Bertz CT molecular complexity index is 565. The van der Waals surface area contributed by atoms with Gasteiger partial charge in [0.2, 0.25) is 5.91 Å². The Morgan fingerprint density at radius 3 is 2.88 bits per heavy atom. The number of likely N-dealkylation sites (N-methyl/N-ethyl adjacent to an activating group) is 1. The lowest BCUT2D eigenvalue weighted by molar-refractivity contribution is -0.132. The lowest BCUT2D eigenvalue weighted by Gasteiger charge is -2.33. The topological polar surface area (TPSA) is 50.8 Å². The van der Waals surface area contributed by atoms with Gasteiger partial charge in [0.05, 0.1) is 26.4 Å². The van der Waals surface area contributed by atoms with Crippen LogP contribution < -0.4 is 10.1 Å². The highest BCUT2D eigenvalue weighted by Gasteiger charge is 2.29. The van der Waals surface area contributed by atoms with Crippen LogP contribution in [0, 0.1) is 5.92 Å². The summed E-state index contributed by atoms with van der Waals surface area (Å²) < 4.78 is 10.9. The fraction of sp³-hybridized carbons (Fsp3) is 0.611. The van der Waals surface area contributed by atoms with Crippen LogP contribution in [0.4, 0.5) is 0 Å². The monoisotopic (exact) mass is 354 g/mol. The molecule has 2 unspecified atom stereocenters. The lowest BCUT2D eigenvalue weighted by Crippen LogP contribution is -2.52. The molecule has 6 heteroatoms. The number of amides is 1. The summed E-state index contributed by atoms with van der Waals surface area (Å²) in [6.07, 6.45) is 0.805. The minimum atomic E-state index is -0.265. The molecule has 1 heterocycles. The number of ether oxygens (including phenoxy) is 2. The first-order chi connectivity index (χ1) is 11.4. The summed E-state index contributed by atoms with van der Waals surface area (Å²) in [4.78, 5) is 14.8. The summed E-state index contributed by atoms with van der Waals surface area (Å²) in [5, 5.41) is 3.80. The van der Waals surface area contributed by atoms with E-state index >= 15 is 0 Å². The highest BCUT2D eigenvalue weighted by molar-refractivity contribution is 6.30. The maximum absolute atomic E-state index is 12.8. The van der Waals surface area contributed by atoms with Crippen molar-refractivity contribution in [3.05, 3.63) is 28.8 Å². The number of halogens is 1. The Hall–Kier alpha value is -1.30. The van der Waals surface area contributed by atoms with Crippen molar-refractivity contribution in [3.63, 3.8) is 0 Å². The number of methoxy groups -OCH3 is 1. The zero-order valence-electron chi connectivity index (χ0n) is 14.8. The minimum Gasteiger partial charge on any atom is -0.496 e. The summed E-state index contributed by atoms with van der Waals surface area (Å²) >= 11 is 6.17. The van der Waals surface area contributed by atoms with E-state index in [2.05, 4.69) is 19.2 Å². The van der Waals surface area contributed by atoms with E-state index < -0.39 is 0 Å². The molecule has 2 atom stereocenters. The van der Waals surface area contributed by atoms with Gasteiger partial charge in [-0.15, -0.1) is 0 Å². The summed E-state index contributed by atoms with van der Waals surface area (Å²) in [5.74, 6) is 1.13. The predicted molar refractivity (Wildman–Crippen MR) is 95.6 cm³/mol. The van der Waals surface area contributed by atoms with Crippen LogP contribution >= 0.6 is 11.6 Å². The van der Waals surface area contributed by atoms with E-state index in [0.717, 1.165) is 24.3 Å². The fourth-order valence-corrected chi connectivity index (χ4v) is 3.12. The predicted octanol–water partition coefficient (Wildman–Crippen LogP) is 2.88. The molecule has 134 valence electrons. The van der Waals surface area contributed by atoms with E-state index in [9.17, 15) is 4.79 Å². The van der Waals surface area contributed by atoms with E-state index in [4.69, 9.17) is 21.1 Å². The Labute approximate surface area is 149 Å². The summed E-state index contributed by atoms with van der Waals surface area (Å²) in [6, 6.07) is 5.09. The van der Waals surface area contributed by atoms with Crippen molar-refractivity contribution in [2.45, 2.75) is 32.4 Å². The molecule has 0 radical (unpaired) electrons. The van der Waals surface area contributed by atoms with Crippen LogP contribution in [0.2, 0.25) is 5.02 Å². The SMILES string of the molecule is COc1ccc(Cl)cc1C(CC(C)C)NC(=O)C1COCCN1C. The summed E-state index contributed by atoms with van der Waals surface area (Å²) in [7, 11) is 3.58. The molecule has 1 aliphatic heterocycles. The van der Waals surface area contributed by atoms with Gasteiger partial charge in [-0.2, -0.15) is 0 Å². The molecule has 1 aromatic carbocycles. The van der Waals surface area contributed by atoms with Crippen LogP contribution in [-0.4, -0.2) is 50.8 Å². The molecular formula is C18H27ClN2O3. The van der Waals surface area contributed by atoms with Crippen LogP contribution in [0.1, 0.15) is 31.9 Å². The highest BCUT2D eigenvalue weighted by atomic mass is 35.5. The Morgan fingerprint density at radius 1 is 1.50 bits per heavy atom. The average Bonchev–Trinajstić information content (AvgIpc) is 2.54. The van der Waals surface area contributed by atoms with E-state index in [1.165, 1.54) is 0 Å². The molecule has 1 aliphatic rings. The maximum atomic E-state index is 12.8. The second-order valence-corrected chi connectivity index (χ2v) is 7.08. The largest absolute Gasteiger partial charge is 0.496 e. The number of hydrogen-bond acceptors (Lipinski definition) is 4. The van der Waals surface area contributed by atoms with Gasteiger partial charge in [0, 0.05) is 17.1 Å². The molecule has 0 aliphatic carbocycles. The third-order valence-corrected chi connectivity index (χ3v) is 4.52. The first-order valence-corrected chi connectivity index (χ1v) is 8.72. The van der Waals surface area contributed by atoms with Crippen molar-refractivity contribution >= 4 is 17.5 Å². The van der Waals surface area contributed by atoms with Gasteiger partial charge >= 0.3 is 0 Å². The fourth-order valence-electron chi connectivity index (χ4n) is 2.94. The molecule has 1 fully saturated rings. The van der Waals surface area contributed by atoms with Crippen molar-refractivity contribution in [2.75, 3.05) is 33.9 Å². The van der Waals surface area contributed by atoms with Gasteiger partial charge < -0.3 is 14.8 Å². The van der Waals surface area contributed by atoms with Crippen LogP contribution in [-0.2, 0) is 9.53 Å². The minimum absolute atomic E-state index is 0.0233. The van der Waals surface area contributed by atoms with Crippen molar-refractivity contribution < 1.29 is 14.3 Å². The van der Waals surface area contributed by atoms with E-state index in [1.807, 2.05) is 24.1 Å². The number of benzene rings is 1. The zero-order chi connectivity index (χ0) is 17.7. The number of carbonyl (C=O) groups is 1. The van der Waals surface area contributed by atoms with Crippen molar-refractivity contribution in [3.8, 4) is 5.75 Å². The van der Waals surface area contributed by atoms with Gasteiger partial charge in [-0.3, -0.25) is 9.69 Å². The number of hydrogen-bond donors (Lipinski definition) is 1. The maximum Gasteiger partial charge on any atom is 0.240 e. The van der Waals surface area contributed by atoms with Crippen LogP contribution in [0.25, 0.3) is 0 Å².